The Morgan fingerprint density at radius 3 is 2.60 bits per heavy atom. The molecule has 3 aromatic carbocycles. The van der Waals surface area contributed by atoms with Gasteiger partial charge in [0.05, 0.1) is 22.3 Å². The average molecular weight is 436 g/mol. The van der Waals surface area contributed by atoms with Gasteiger partial charge in [-0.1, -0.05) is 59.3 Å². The van der Waals surface area contributed by atoms with E-state index < -0.39 is 0 Å². The zero-order valence-corrected chi connectivity index (χ0v) is 17.7. The highest BCUT2D eigenvalue weighted by molar-refractivity contribution is 7.99. The molecule has 0 fully saturated rings. The molecule has 5 nitrogen and oxygen atoms in total. The molecule has 0 unspecified atom stereocenters. The van der Waals surface area contributed by atoms with Crippen LogP contribution in [0, 0.1) is 6.92 Å². The molecule has 7 heteroatoms. The van der Waals surface area contributed by atoms with Gasteiger partial charge in [0.1, 0.15) is 0 Å². The topological polar surface area (TPSA) is 64.0 Å². The summed E-state index contributed by atoms with van der Waals surface area (Å²) >= 11 is 7.18. The first-order chi connectivity index (χ1) is 14.5. The van der Waals surface area contributed by atoms with Gasteiger partial charge in [-0.25, -0.2) is 4.98 Å². The van der Waals surface area contributed by atoms with Crippen molar-refractivity contribution in [2.24, 2.45) is 0 Å². The number of carbonyl (C=O) groups excluding carboxylic acids is 1. The highest BCUT2D eigenvalue weighted by atomic mass is 35.5. The third-order valence-electron chi connectivity index (χ3n) is 4.48. The summed E-state index contributed by atoms with van der Waals surface area (Å²) in [6, 6.07) is 21.8. The molecule has 1 aromatic heterocycles. The van der Waals surface area contributed by atoms with Crippen LogP contribution >= 0.6 is 23.4 Å². The maximum atomic E-state index is 13.2. The summed E-state index contributed by atoms with van der Waals surface area (Å²) in [5.74, 6) is -0.108. The van der Waals surface area contributed by atoms with Crippen LogP contribution in [-0.2, 0) is 4.79 Å². The van der Waals surface area contributed by atoms with E-state index in [4.69, 9.17) is 11.6 Å². The van der Waals surface area contributed by atoms with Crippen LogP contribution in [-0.4, -0.2) is 21.2 Å². The van der Waals surface area contributed by atoms with Crippen molar-refractivity contribution in [3.05, 3.63) is 93.7 Å². The number of hydrogen-bond donors (Lipinski definition) is 1. The molecular formula is C23H18ClN3O2S. The minimum absolute atomic E-state index is 0.100. The van der Waals surface area contributed by atoms with Gasteiger partial charge < -0.3 is 5.32 Å². The smallest absolute Gasteiger partial charge is 0.266 e. The van der Waals surface area contributed by atoms with Gasteiger partial charge in [0.25, 0.3) is 5.56 Å². The molecule has 0 radical (unpaired) electrons. The summed E-state index contributed by atoms with van der Waals surface area (Å²) in [6.45, 7) is 1.99. The fourth-order valence-corrected chi connectivity index (χ4v) is 4.03. The summed E-state index contributed by atoms with van der Waals surface area (Å²) in [5.41, 5.74) is 2.86. The van der Waals surface area contributed by atoms with Crippen molar-refractivity contribution in [2.75, 3.05) is 11.1 Å². The number of para-hydroxylation sites is 1. The van der Waals surface area contributed by atoms with Crippen molar-refractivity contribution in [3.63, 3.8) is 0 Å². The predicted molar refractivity (Wildman–Crippen MR) is 123 cm³/mol. The van der Waals surface area contributed by atoms with Crippen molar-refractivity contribution in [1.29, 1.82) is 0 Å². The highest BCUT2D eigenvalue weighted by Crippen LogP contribution is 2.22. The van der Waals surface area contributed by atoms with E-state index in [2.05, 4.69) is 10.3 Å². The van der Waals surface area contributed by atoms with E-state index in [0.29, 0.717) is 32.5 Å². The number of fused-ring (bicyclic) bond motifs is 1. The summed E-state index contributed by atoms with van der Waals surface area (Å²) in [5, 5.41) is 4.35. The Morgan fingerprint density at radius 2 is 1.83 bits per heavy atom. The van der Waals surface area contributed by atoms with E-state index in [1.54, 1.807) is 41.0 Å². The molecule has 0 aliphatic rings. The number of carbonyl (C=O) groups is 1. The number of aryl methyl sites for hydroxylation is 1. The predicted octanol–water partition coefficient (Wildman–Crippen LogP) is 5.08. The maximum Gasteiger partial charge on any atom is 0.266 e. The second-order valence-electron chi connectivity index (χ2n) is 6.73. The minimum atomic E-state index is -0.208. The van der Waals surface area contributed by atoms with Gasteiger partial charge in [0.2, 0.25) is 5.91 Å². The molecule has 1 amide bonds. The number of hydrogen-bond acceptors (Lipinski definition) is 4. The van der Waals surface area contributed by atoms with Gasteiger partial charge in [-0.15, -0.1) is 0 Å². The van der Waals surface area contributed by atoms with Gasteiger partial charge >= 0.3 is 0 Å². The lowest BCUT2D eigenvalue weighted by molar-refractivity contribution is -0.113. The van der Waals surface area contributed by atoms with Gasteiger partial charge in [-0.3, -0.25) is 14.2 Å². The van der Waals surface area contributed by atoms with Crippen LogP contribution < -0.4 is 10.9 Å². The zero-order chi connectivity index (χ0) is 21.1. The van der Waals surface area contributed by atoms with Crippen molar-refractivity contribution in [3.8, 4) is 5.69 Å². The quantitative estimate of drug-likeness (QED) is 0.351. The van der Waals surface area contributed by atoms with Crippen molar-refractivity contribution in [1.82, 2.24) is 9.55 Å². The third kappa shape index (κ3) is 4.40. The molecule has 1 heterocycles. The van der Waals surface area contributed by atoms with Crippen LogP contribution in [0.2, 0.25) is 5.02 Å². The summed E-state index contributed by atoms with van der Waals surface area (Å²) in [6.07, 6.45) is 0. The van der Waals surface area contributed by atoms with Crippen molar-refractivity contribution >= 4 is 45.9 Å². The Kier molecular flexibility index (Phi) is 5.88. The first-order valence-corrected chi connectivity index (χ1v) is 10.6. The molecule has 0 aliphatic heterocycles. The Morgan fingerprint density at radius 1 is 1.07 bits per heavy atom. The van der Waals surface area contributed by atoms with E-state index in [9.17, 15) is 9.59 Å². The fourth-order valence-electron chi connectivity index (χ4n) is 3.02. The number of amides is 1. The number of nitrogens with zero attached hydrogens (tertiary/aromatic N) is 2. The van der Waals surface area contributed by atoms with E-state index in [1.165, 1.54) is 11.8 Å². The van der Waals surface area contributed by atoms with Crippen LogP contribution in [0.3, 0.4) is 0 Å². The van der Waals surface area contributed by atoms with Gasteiger partial charge in [0, 0.05) is 10.7 Å². The maximum absolute atomic E-state index is 13.2. The van der Waals surface area contributed by atoms with Crippen LogP contribution in [0.25, 0.3) is 16.6 Å². The first kappa shape index (κ1) is 20.2. The monoisotopic (exact) mass is 435 g/mol. The van der Waals surface area contributed by atoms with E-state index in [1.807, 2.05) is 43.3 Å². The van der Waals surface area contributed by atoms with Crippen molar-refractivity contribution in [2.45, 2.75) is 12.1 Å². The molecule has 30 heavy (non-hydrogen) atoms. The Balaban J connectivity index is 1.67. The van der Waals surface area contributed by atoms with Gasteiger partial charge in [-0.2, -0.15) is 0 Å². The molecule has 4 rings (SSSR count). The van der Waals surface area contributed by atoms with Gasteiger partial charge in [-0.05, 0) is 49.4 Å². The number of rotatable bonds is 5. The van der Waals surface area contributed by atoms with Gasteiger partial charge in [0.15, 0.2) is 5.16 Å². The number of thioether (sulfide) groups is 1. The van der Waals surface area contributed by atoms with Crippen molar-refractivity contribution < 1.29 is 4.79 Å². The highest BCUT2D eigenvalue weighted by Gasteiger charge is 2.15. The lowest BCUT2D eigenvalue weighted by Crippen LogP contribution is -2.23. The third-order valence-corrected chi connectivity index (χ3v) is 5.65. The lowest BCUT2D eigenvalue weighted by Gasteiger charge is -2.13. The molecule has 0 atom stereocenters. The normalized spacial score (nSPS) is 10.9. The standard InChI is InChI=1S/C23H18ClN3O2S/c1-15-9-11-18(12-10-15)27-22(29)19-7-2-3-8-20(19)26-23(27)30-14-21(28)25-17-6-4-5-16(24)13-17/h2-13H,14H2,1H3,(H,25,28). The van der Waals surface area contributed by atoms with E-state index in [0.717, 1.165) is 5.56 Å². The average Bonchev–Trinajstić information content (AvgIpc) is 2.73. The number of nitrogens with one attached hydrogen (secondary N) is 1. The largest absolute Gasteiger partial charge is 0.325 e. The molecular weight excluding hydrogens is 418 g/mol. The summed E-state index contributed by atoms with van der Waals surface area (Å²) in [4.78, 5) is 30.3. The number of halogens is 1. The molecule has 150 valence electrons. The molecule has 0 saturated heterocycles. The minimum Gasteiger partial charge on any atom is -0.325 e. The molecule has 0 spiro atoms. The zero-order valence-electron chi connectivity index (χ0n) is 16.1. The molecule has 0 saturated carbocycles. The number of benzene rings is 3. The summed E-state index contributed by atoms with van der Waals surface area (Å²) in [7, 11) is 0. The Hall–Kier alpha value is -3.09. The Bertz CT molecular complexity index is 1290. The summed E-state index contributed by atoms with van der Waals surface area (Å²) < 4.78 is 1.55. The van der Waals surface area contributed by atoms with Crippen LogP contribution in [0.5, 0.6) is 0 Å². The molecule has 4 aromatic rings. The second kappa shape index (κ2) is 8.73. The van der Waals surface area contributed by atoms with Crippen LogP contribution in [0.1, 0.15) is 5.56 Å². The Labute approximate surface area is 182 Å². The number of aromatic nitrogens is 2. The second-order valence-corrected chi connectivity index (χ2v) is 8.11. The van der Waals surface area contributed by atoms with Crippen LogP contribution in [0.15, 0.2) is 82.7 Å². The van der Waals surface area contributed by atoms with E-state index >= 15 is 0 Å². The lowest BCUT2D eigenvalue weighted by atomic mass is 10.2. The first-order valence-electron chi connectivity index (χ1n) is 9.28. The number of anilines is 1. The fraction of sp³-hybridized carbons (Fsp3) is 0.0870. The SMILES string of the molecule is Cc1ccc(-n2c(SCC(=O)Nc3cccc(Cl)c3)nc3ccccc3c2=O)cc1. The molecule has 0 aliphatic carbocycles. The van der Waals surface area contributed by atoms with Crippen LogP contribution in [0.4, 0.5) is 5.69 Å². The van der Waals surface area contributed by atoms with E-state index in [-0.39, 0.29) is 17.2 Å². The molecule has 0 bridgehead atoms. The molecule has 1 N–H and O–H groups in total.